The van der Waals surface area contributed by atoms with Gasteiger partial charge in [-0.05, 0) is 50.1 Å². The monoisotopic (exact) mass is 441 g/mol. The van der Waals surface area contributed by atoms with E-state index in [1.165, 1.54) is 0 Å². The van der Waals surface area contributed by atoms with Gasteiger partial charge in [0.15, 0.2) is 9.84 Å². The summed E-state index contributed by atoms with van der Waals surface area (Å²) in [6, 6.07) is 15.2. The molecule has 0 N–H and O–H groups in total. The first kappa shape index (κ1) is 21.5. The van der Waals surface area contributed by atoms with Crippen molar-refractivity contribution in [3.8, 4) is 5.69 Å². The molecule has 1 amide bonds. The van der Waals surface area contributed by atoms with Gasteiger partial charge in [0.05, 0.1) is 22.5 Å². The van der Waals surface area contributed by atoms with Gasteiger partial charge in [0.25, 0.3) is 5.91 Å². The molecule has 1 saturated heterocycles. The molecule has 0 aliphatic carbocycles. The maximum absolute atomic E-state index is 13.4. The molecule has 0 bridgehead atoms. The van der Waals surface area contributed by atoms with E-state index in [1.807, 2.05) is 43.3 Å². The number of sulfone groups is 1. The number of hydrogen-bond donors (Lipinski definition) is 0. The van der Waals surface area contributed by atoms with Gasteiger partial charge in [-0.1, -0.05) is 18.2 Å². The van der Waals surface area contributed by atoms with Gasteiger partial charge in [-0.25, -0.2) is 13.4 Å². The second-order valence-corrected chi connectivity index (χ2v) is 10.2. The summed E-state index contributed by atoms with van der Waals surface area (Å²) in [5.41, 5.74) is 3.20. The minimum atomic E-state index is -3.10. The van der Waals surface area contributed by atoms with Crippen LogP contribution in [0.2, 0.25) is 0 Å². The molecule has 8 heteroatoms. The van der Waals surface area contributed by atoms with Crippen LogP contribution in [0.5, 0.6) is 0 Å². The smallest absolute Gasteiger partial charge is 0.254 e. The molecule has 1 aliphatic heterocycles. The van der Waals surface area contributed by atoms with E-state index in [9.17, 15) is 13.2 Å². The largest absolute Gasteiger partial charge is 0.385 e. The summed E-state index contributed by atoms with van der Waals surface area (Å²) in [5.74, 6) is 0.831. The van der Waals surface area contributed by atoms with E-state index < -0.39 is 9.84 Å². The third kappa shape index (κ3) is 4.50. The number of imidazole rings is 1. The molecule has 0 saturated carbocycles. The predicted octanol–water partition coefficient (Wildman–Crippen LogP) is 3.00. The van der Waals surface area contributed by atoms with Crippen molar-refractivity contribution in [3.05, 3.63) is 59.9 Å². The number of hydrogen-bond acceptors (Lipinski definition) is 5. The zero-order valence-electron chi connectivity index (χ0n) is 17.8. The summed E-state index contributed by atoms with van der Waals surface area (Å²) >= 11 is 0. The van der Waals surface area contributed by atoms with Crippen LogP contribution in [0.25, 0.3) is 16.7 Å². The lowest BCUT2D eigenvalue weighted by atomic mass is 10.1. The van der Waals surface area contributed by atoms with Crippen LogP contribution in [0.3, 0.4) is 0 Å². The van der Waals surface area contributed by atoms with E-state index in [0.717, 1.165) is 22.5 Å². The molecule has 2 aromatic carbocycles. The summed E-state index contributed by atoms with van der Waals surface area (Å²) < 4.78 is 31.2. The first-order valence-corrected chi connectivity index (χ1v) is 12.3. The van der Waals surface area contributed by atoms with Crippen LogP contribution < -0.4 is 0 Å². The highest BCUT2D eigenvalue weighted by Crippen LogP contribution is 2.25. The lowest BCUT2D eigenvalue weighted by Crippen LogP contribution is -2.42. The molecule has 164 valence electrons. The number of benzene rings is 2. The van der Waals surface area contributed by atoms with Crippen LogP contribution in [0.4, 0.5) is 0 Å². The Morgan fingerprint density at radius 1 is 1.23 bits per heavy atom. The molecule has 2 heterocycles. The standard InChI is InChI=1S/C23H27N3O4S/c1-17-24-21-15-18(9-10-22(21)26(17)19-7-4-3-5-8-19)23(27)25(12-6-13-30-2)20-11-14-31(28,29)16-20/h3-5,7-10,15,20H,6,11-14,16H2,1-2H3. The molecular formula is C23H27N3O4S. The van der Waals surface area contributed by atoms with E-state index >= 15 is 0 Å². The summed E-state index contributed by atoms with van der Waals surface area (Å²) in [6.07, 6.45) is 1.13. The molecule has 7 nitrogen and oxygen atoms in total. The SMILES string of the molecule is COCCCN(C(=O)c1ccc2c(c1)nc(C)n2-c1ccccc1)C1CCS(=O)(=O)C1. The Balaban J connectivity index is 1.66. The van der Waals surface area contributed by atoms with Crippen molar-refractivity contribution in [2.45, 2.75) is 25.8 Å². The summed E-state index contributed by atoms with van der Waals surface area (Å²) in [5, 5.41) is 0. The summed E-state index contributed by atoms with van der Waals surface area (Å²) in [7, 11) is -1.48. The van der Waals surface area contributed by atoms with Gasteiger partial charge in [0.1, 0.15) is 5.82 Å². The zero-order valence-corrected chi connectivity index (χ0v) is 18.6. The highest BCUT2D eigenvalue weighted by Gasteiger charge is 2.35. The first-order valence-electron chi connectivity index (χ1n) is 10.4. The average Bonchev–Trinajstić information content (AvgIpc) is 3.28. The minimum Gasteiger partial charge on any atom is -0.385 e. The number of fused-ring (bicyclic) bond motifs is 1. The van der Waals surface area contributed by atoms with Crippen LogP contribution in [-0.4, -0.2) is 66.6 Å². The minimum absolute atomic E-state index is 0.0235. The fraction of sp³-hybridized carbons (Fsp3) is 0.391. The second kappa shape index (κ2) is 8.80. The van der Waals surface area contributed by atoms with E-state index in [-0.39, 0.29) is 23.5 Å². The van der Waals surface area contributed by atoms with Gasteiger partial charge >= 0.3 is 0 Å². The predicted molar refractivity (Wildman–Crippen MR) is 120 cm³/mol. The summed E-state index contributed by atoms with van der Waals surface area (Å²) in [6.45, 7) is 2.92. The van der Waals surface area contributed by atoms with Crippen molar-refractivity contribution in [1.82, 2.24) is 14.5 Å². The third-order valence-electron chi connectivity index (χ3n) is 5.74. The molecule has 3 aromatic rings. The van der Waals surface area contributed by atoms with Crippen molar-refractivity contribution < 1.29 is 17.9 Å². The lowest BCUT2D eigenvalue weighted by Gasteiger charge is -2.28. The van der Waals surface area contributed by atoms with E-state index in [4.69, 9.17) is 4.74 Å². The zero-order chi connectivity index (χ0) is 22.0. The van der Waals surface area contributed by atoms with E-state index in [0.29, 0.717) is 31.6 Å². The number of ether oxygens (including phenoxy) is 1. The quantitative estimate of drug-likeness (QED) is 0.527. The average molecular weight is 442 g/mol. The molecule has 1 unspecified atom stereocenters. The van der Waals surface area contributed by atoms with Gasteiger partial charge < -0.3 is 9.64 Å². The highest BCUT2D eigenvalue weighted by atomic mass is 32.2. The van der Waals surface area contributed by atoms with Crippen LogP contribution in [0.15, 0.2) is 48.5 Å². The highest BCUT2D eigenvalue weighted by molar-refractivity contribution is 7.91. The fourth-order valence-corrected chi connectivity index (χ4v) is 5.98. The molecule has 1 aliphatic rings. The van der Waals surface area contributed by atoms with Gasteiger partial charge in [-0.2, -0.15) is 0 Å². The molecule has 0 spiro atoms. The van der Waals surface area contributed by atoms with Crippen LogP contribution in [-0.2, 0) is 14.6 Å². The molecular weight excluding hydrogens is 414 g/mol. The fourth-order valence-electron chi connectivity index (χ4n) is 4.25. The number of aromatic nitrogens is 2. The maximum atomic E-state index is 13.4. The van der Waals surface area contributed by atoms with Crippen molar-refractivity contribution in [1.29, 1.82) is 0 Å². The molecule has 4 rings (SSSR count). The van der Waals surface area contributed by atoms with Gasteiger partial charge in [0, 0.05) is 37.6 Å². The Bertz CT molecular complexity index is 1190. The second-order valence-electron chi connectivity index (χ2n) is 7.94. The Morgan fingerprint density at radius 3 is 2.68 bits per heavy atom. The number of nitrogens with zero attached hydrogens (tertiary/aromatic N) is 3. The van der Waals surface area contributed by atoms with Crippen molar-refractivity contribution in [2.24, 2.45) is 0 Å². The number of methoxy groups -OCH3 is 1. The summed E-state index contributed by atoms with van der Waals surface area (Å²) in [4.78, 5) is 19.8. The van der Waals surface area contributed by atoms with Crippen LogP contribution in [0.1, 0.15) is 29.0 Å². The van der Waals surface area contributed by atoms with Gasteiger partial charge in [-0.3, -0.25) is 9.36 Å². The van der Waals surface area contributed by atoms with Crippen LogP contribution >= 0.6 is 0 Å². The molecule has 31 heavy (non-hydrogen) atoms. The number of carbonyl (C=O) groups is 1. The number of amides is 1. The molecule has 1 aromatic heterocycles. The van der Waals surface area contributed by atoms with Crippen molar-refractivity contribution >= 4 is 26.8 Å². The van der Waals surface area contributed by atoms with Crippen molar-refractivity contribution in [3.63, 3.8) is 0 Å². The topological polar surface area (TPSA) is 81.5 Å². The lowest BCUT2D eigenvalue weighted by molar-refractivity contribution is 0.0674. The maximum Gasteiger partial charge on any atom is 0.254 e. The molecule has 1 atom stereocenters. The van der Waals surface area contributed by atoms with E-state index in [1.54, 1.807) is 24.1 Å². The Morgan fingerprint density at radius 2 is 2.00 bits per heavy atom. The van der Waals surface area contributed by atoms with Gasteiger partial charge in [0.2, 0.25) is 0 Å². The number of aryl methyl sites for hydroxylation is 1. The molecule has 1 fully saturated rings. The number of rotatable bonds is 7. The Labute approximate surface area is 182 Å². The number of para-hydroxylation sites is 1. The first-order chi connectivity index (χ1) is 14.9. The molecule has 0 radical (unpaired) electrons. The Kier molecular flexibility index (Phi) is 6.11. The normalized spacial score (nSPS) is 17.8. The van der Waals surface area contributed by atoms with Gasteiger partial charge in [-0.15, -0.1) is 0 Å². The Hall–Kier alpha value is -2.71. The third-order valence-corrected chi connectivity index (χ3v) is 7.49. The van der Waals surface area contributed by atoms with Crippen molar-refractivity contribution in [2.75, 3.05) is 31.8 Å². The van der Waals surface area contributed by atoms with E-state index in [2.05, 4.69) is 9.55 Å². The van der Waals surface area contributed by atoms with Crippen LogP contribution in [0, 0.1) is 6.92 Å². The number of carbonyl (C=O) groups excluding carboxylic acids is 1.